The lowest BCUT2D eigenvalue weighted by Gasteiger charge is -2.22. The fraction of sp³-hybridized carbons (Fsp3) is 0.462. The first-order chi connectivity index (χ1) is 9.41. The average Bonchev–Trinajstić information content (AvgIpc) is 2.38. The molecule has 0 radical (unpaired) electrons. The molecule has 1 unspecified atom stereocenters. The molecule has 0 fully saturated rings. The third kappa shape index (κ3) is 4.17. The molecule has 108 valence electrons. The zero-order valence-electron chi connectivity index (χ0n) is 11.4. The molecular weight excluding hydrogens is 265 g/mol. The first-order valence-corrected chi connectivity index (χ1v) is 6.15. The van der Waals surface area contributed by atoms with Crippen LogP contribution in [0.15, 0.2) is 18.2 Å². The van der Waals surface area contributed by atoms with Crippen molar-refractivity contribution < 1.29 is 14.1 Å². The number of halogens is 1. The Morgan fingerprint density at radius 2 is 2.30 bits per heavy atom. The predicted octanol–water partition coefficient (Wildman–Crippen LogP) is 2.39. The number of benzene rings is 1. The molecule has 1 atom stereocenters. The molecule has 1 aromatic rings. The number of nitriles is 1. The minimum atomic E-state index is -0.781. The summed E-state index contributed by atoms with van der Waals surface area (Å²) in [6, 6.07) is 5.14. The Hall–Kier alpha value is -2.20. The Morgan fingerprint density at radius 1 is 1.60 bits per heavy atom. The van der Waals surface area contributed by atoms with Crippen molar-refractivity contribution in [1.82, 2.24) is 5.32 Å². The van der Waals surface area contributed by atoms with Gasteiger partial charge < -0.3 is 4.74 Å². The number of nitrogens with zero attached hydrogens (tertiary/aromatic N) is 2. The van der Waals surface area contributed by atoms with Crippen molar-refractivity contribution in [3.05, 3.63) is 34.1 Å². The molecule has 0 aromatic heterocycles. The zero-order valence-corrected chi connectivity index (χ0v) is 11.4. The monoisotopic (exact) mass is 281 g/mol. The average molecular weight is 281 g/mol. The first-order valence-electron chi connectivity index (χ1n) is 6.15. The van der Waals surface area contributed by atoms with Crippen LogP contribution in [0.1, 0.15) is 20.3 Å². The minimum absolute atomic E-state index is 0.0708. The van der Waals surface area contributed by atoms with E-state index in [1.54, 1.807) is 6.92 Å². The fourth-order valence-electron chi connectivity index (χ4n) is 1.69. The molecular formula is C13H16FN3O3. The number of hydrogen-bond donors (Lipinski definition) is 1. The highest BCUT2D eigenvalue weighted by Gasteiger charge is 2.23. The van der Waals surface area contributed by atoms with E-state index in [-0.39, 0.29) is 18.0 Å². The molecule has 0 saturated heterocycles. The maximum atomic E-state index is 13.1. The van der Waals surface area contributed by atoms with Gasteiger partial charge in [0.05, 0.1) is 17.6 Å². The largest absolute Gasteiger partial charge is 0.487 e. The molecule has 0 amide bonds. The van der Waals surface area contributed by atoms with E-state index in [9.17, 15) is 14.5 Å². The summed E-state index contributed by atoms with van der Waals surface area (Å²) in [5, 5.41) is 22.8. The van der Waals surface area contributed by atoms with E-state index < -0.39 is 16.3 Å². The van der Waals surface area contributed by atoms with E-state index in [1.165, 1.54) is 0 Å². The van der Waals surface area contributed by atoms with Gasteiger partial charge in [-0.25, -0.2) is 4.39 Å². The maximum absolute atomic E-state index is 13.1. The summed E-state index contributed by atoms with van der Waals surface area (Å²) in [7, 11) is 0. The third-order valence-electron chi connectivity index (χ3n) is 2.79. The lowest BCUT2D eigenvalue weighted by molar-refractivity contribution is -0.385. The van der Waals surface area contributed by atoms with Crippen LogP contribution in [0.5, 0.6) is 5.75 Å². The van der Waals surface area contributed by atoms with Crippen molar-refractivity contribution in [3.63, 3.8) is 0 Å². The fourth-order valence-corrected chi connectivity index (χ4v) is 1.69. The van der Waals surface area contributed by atoms with Gasteiger partial charge in [-0.15, -0.1) is 0 Å². The summed E-state index contributed by atoms with van der Waals surface area (Å²) in [6.45, 7) is 4.26. The number of hydrogen-bond acceptors (Lipinski definition) is 5. The topological polar surface area (TPSA) is 88.2 Å². The number of nitro groups is 1. The predicted molar refractivity (Wildman–Crippen MR) is 70.9 cm³/mol. The van der Waals surface area contributed by atoms with Gasteiger partial charge in [0.25, 0.3) is 0 Å². The summed E-state index contributed by atoms with van der Waals surface area (Å²) in [4.78, 5) is 10.2. The minimum Gasteiger partial charge on any atom is -0.487 e. The molecule has 1 rings (SSSR count). The molecule has 6 nitrogen and oxygen atoms in total. The van der Waals surface area contributed by atoms with Crippen LogP contribution >= 0.6 is 0 Å². The van der Waals surface area contributed by atoms with Crippen LogP contribution in [-0.4, -0.2) is 23.6 Å². The maximum Gasteiger partial charge on any atom is 0.311 e. The van der Waals surface area contributed by atoms with Crippen LogP contribution in [0.2, 0.25) is 0 Å². The first kappa shape index (κ1) is 15.9. The highest BCUT2D eigenvalue weighted by molar-refractivity contribution is 5.46. The highest BCUT2D eigenvalue weighted by Crippen LogP contribution is 2.27. The van der Waals surface area contributed by atoms with Gasteiger partial charge in [-0.1, -0.05) is 6.92 Å². The lowest BCUT2D eigenvalue weighted by Crippen LogP contribution is -2.42. The Morgan fingerprint density at radius 3 is 2.85 bits per heavy atom. The number of nitro benzene ring substituents is 1. The van der Waals surface area contributed by atoms with Gasteiger partial charge in [0.2, 0.25) is 0 Å². The van der Waals surface area contributed by atoms with E-state index in [4.69, 9.17) is 10.00 Å². The molecule has 0 spiro atoms. The Balaban J connectivity index is 2.73. The molecule has 20 heavy (non-hydrogen) atoms. The van der Waals surface area contributed by atoms with Gasteiger partial charge in [-0.3, -0.25) is 15.4 Å². The Bertz CT molecular complexity index is 530. The molecule has 0 aliphatic carbocycles. The normalized spacial score (nSPS) is 13.3. The second-order valence-electron chi connectivity index (χ2n) is 4.44. The Kier molecular flexibility index (Phi) is 5.41. The van der Waals surface area contributed by atoms with Crippen molar-refractivity contribution >= 4 is 5.69 Å². The number of rotatable bonds is 7. The highest BCUT2D eigenvalue weighted by atomic mass is 19.1. The van der Waals surface area contributed by atoms with E-state index >= 15 is 0 Å². The van der Waals surface area contributed by atoms with Gasteiger partial charge in [0.15, 0.2) is 5.75 Å². The smallest absolute Gasteiger partial charge is 0.311 e. The summed E-state index contributed by atoms with van der Waals surface area (Å²) in [5.41, 5.74) is -1.08. The number of nitrogens with one attached hydrogen (secondary N) is 1. The van der Waals surface area contributed by atoms with Crippen molar-refractivity contribution in [1.29, 1.82) is 5.26 Å². The van der Waals surface area contributed by atoms with Gasteiger partial charge in [0.1, 0.15) is 11.4 Å². The van der Waals surface area contributed by atoms with Crippen molar-refractivity contribution in [2.45, 2.75) is 25.8 Å². The van der Waals surface area contributed by atoms with Crippen molar-refractivity contribution in [3.8, 4) is 11.8 Å². The molecule has 0 heterocycles. The second kappa shape index (κ2) is 6.82. The molecule has 1 aromatic carbocycles. The second-order valence-corrected chi connectivity index (χ2v) is 4.44. The van der Waals surface area contributed by atoms with Crippen molar-refractivity contribution in [2.24, 2.45) is 0 Å². The van der Waals surface area contributed by atoms with Crippen LogP contribution in [0.3, 0.4) is 0 Å². The van der Waals surface area contributed by atoms with Crippen LogP contribution < -0.4 is 10.1 Å². The van der Waals surface area contributed by atoms with E-state index in [0.29, 0.717) is 13.0 Å². The van der Waals surface area contributed by atoms with Crippen molar-refractivity contribution in [2.75, 3.05) is 13.2 Å². The zero-order chi connectivity index (χ0) is 15.2. The van der Waals surface area contributed by atoms with Gasteiger partial charge >= 0.3 is 5.69 Å². The van der Waals surface area contributed by atoms with Gasteiger partial charge in [-0.05, 0) is 19.5 Å². The number of ether oxygens (including phenoxy) is 1. The van der Waals surface area contributed by atoms with Gasteiger partial charge in [-0.2, -0.15) is 5.26 Å². The third-order valence-corrected chi connectivity index (χ3v) is 2.79. The lowest BCUT2D eigenvalue weighted by atomic mass is 10.0. The Labute approximate surface area is 116 Å². The quantitative estimate of drug-likeness (QED) is 0.612. The molecule has 7 heteroatoms. The van der Waals surface area contributed by atoms with E-state index in [2.05, 4.69) is 11.4 Å². The molecule has 0 saturated carbocycles. The summed E-state index contributed by atoms with van der Waals surface area (Å²) >= 11 is 0. The SMILES string of the molecule is CCNC(C)(C#N)CCOc1cc(F)ccc1[N+](=O)[O-]. The van der Waals surface area contributed by atoms with Crippen LogP contribution in [0.4, 0.5) is 10.1 Å². The van der Waals surface area contributed by atoms with E-state index in [0.717, 1.165) is 18.2 Å². The van der Waals surface area contributed by atoms with E-state index in [1.807, 2.05) is 6.92 Å². The molecule has 0 aliphatic rings. The van der Waals surface area contributed by atoms with Crippen LogP contribution in [-0.2, 0) is 0 Å². The molecule has 1 N–H and O–H groups in total. The summed E-state index contributed by atoms with van der Waals surface area (Å²) in [6.07, 6.45) is 0.324. The molecule has 0 aliphatic heterocycles. The summed E-state index contributed by atoms with van der Waals surface area (Å²) < 4.78 is 18.3. The molecule has 0 bridgehead atoms. The van der Waals surface area contributed by atoms with Gasteiger partial charge in [0, 0.05) is 18.6 Å². The van der Waals surface area contributed by atoms with Crippen LogP contribution in [0.25, 0.3) is 0 Å². The standard InChI is InChI=1S/C13H16FN3O3/c1-3-16-13(2,9-15)6-7-20-12-8-10(14)4-5-11(12)17(18)19/h4-5,8,16H,3,6-7H2,1-2H3. The summed E-state index contributed by atoms with van der Waals surface area (Å²) in [5.74, 6) is -0.743. The van der Waals surface area contributed by atoms with Crippen LogP contribution in [0, 0.1) is 27.3 Å².